The number of hydrogen-bond donors (Lipinski definition) is 2. The maximum Gasteiger partial charge on any atom is 0.312 e. The Bertz CT molecular complexity index is 718. The van der Waals surface area contributed by atoms with Crippen molar-refractivity contribution in [2.45, 2.75) is 6.42 Å². The molecule has 0 radical (unpaired) electrons. The molecule has 1 saturated heterocycles. The fraction of sp³-hybridized carbons (Fsp3) is 0.438. The minimum absolute atomic E-state index is 0.0498. The smallest absolute Gasteiger partial charge is 0.312 e. The monoisotopic (exact) mass is 335 g/mol. The first-order valence-electron chi connectivity index (χ1n) is 7.29. The standard InChI is InChI=1S/C16H17NO7/c1-23-9-3-4-10(11(5-9)24-2)12(18)17-7-15(13(19)20)6-16(15,8-17)14(21)22/h3-5H,6-8H2,1-2H3,(H,19,20)(H,21,22)/t15-,16+. The molecule has 2 N–H and O–H groups in total. The van der Waals surface area contributed by atoms with Crippen LogP contribution < -0.4 is 9.47 Å². The van der Waals surface area contributed by atoms with Crippen molar-refractivity contribution in [1.29, 1.82) is 0 Å². The van der Waals surface area contributed by atoms with E-state index in [4.69, 9.17) is 9.47 Å². The number of methoxy groups -OCH3 is 2. The lowest BCUT2D eigenvalue weighted by Gasteiger charge is -2.21. The number of benzene rings is 1. The van der Waals surface area contributed by atoms with Crippen LogP contribution in [0.1, 0.15) is 16.8 Å². The molecule has 2 fully saturated rings. The van der Waals surface area contributed by atoms with Crippen LogP contribution in [0.2, 0.25) is 0 Å². The van der Waals surface area contributed by atoms with Crippen LogP contribution in [0, 0.1) is 10.8 Å². The number of carboxylic acid groups (broad SMARTS) is 2. The molecule has 3 rings (SSSR count). The molecule has 2 aliphatic rings. The first-order chi connectivity index (χ1) is 11.3. The van der Waals surface area contributed by atoms with Crippen molar-refractivity contribution >= 4 is 17.8 Å². The third-order valence-electron chi connectivity index (χ3n) is 5.06. The summed E-state index contributed by atoms with van der Waals surface area (Å²) in [6, 6.07) is 4.65. The summed E-state index contributed by atoms with van der Waals surface area (Å²) in [6.07, 6.45) is 0.0498. The van der Waals surface area contributed by atoms with E-state index in [0.29, 0.717) is 5.75 Å². The number of fused-ring (bicyclic) bond motifs is 1. The topological polar surface area (TPSA) is 113 Å². The lowest BCUT2D eigenvalue weighted by molar-refractivity contribution is -0.151. The van der Waals surface area contributed by atoms with E-state index in [2.05, 4.69) is 0 Å². The van der Waals surface area contributed by atoms with E-state index in [1.807, 2.05) is 0 Å². The molecule has 0 bridgehead atoms. The second-order valence-corrected chi connectivity index (χ2v) is 6.18. The fourth-order valence-corrected chi connectivity index (χ4v) is 3.58. The van der Waals surface area contributed by atoms with Gasteiger partial charge in [-0.05, 0) is 18.6 Å². The molecule has 1 aromatic rings. The Morgan fingerprint density at radius 2 is 1.62 bits per heavy atom. The average molecular weight is 335 g/mol. The molecule has 1 saturated carbocycles. The zero-order valence-corrected chi connectivity index (χ0v) is 13.2. The number of piperidine rings is 1. The Kier molecular flexibility index (Phi) is 3.43. The molecule has 1 amide bonds. The summed E-state index contributed by atoms with van der Waals surface area (Å²) in [6.45, 7) is -0.245. The van der Waals surface area contributed by atoms with Gasteiger partial charge in [0.15, 0.2) is 0 Å². The number of carbonyl (C=O) groups is 3. The maximum atomic E-state index is 12.7. The van der Waals surface area contributed by atoms with E-state index in [1.54, 1.807) is 12.1 Å². The Labute approximate surface area is 137 Å². The van der Waals surface area contributed by atoms with Crippen LogP contribution in [0.25, 0.3) is 0 Å². The van der Waals surface area contributed by atoms with E-state index in [1.165, 1.54) is 25.2 Å². The summed E-state index contributed by atoms with van der Waals surface area (Å²) < 4.78 is 10.3. The Balaban J connectivity index is 1.91. The van der Waals surface area contributed by atoms with Crippen molar-refractivity contribution in [3.63, 3.8) is 0 Å². The van der Waals surface area contributed by atoms with Gasteiger partial charge in [0.05, 0.1) is 19.8 Å². The first kappa shape index (κ1) is 16.1. The first-order valence-corrected chi connectivity index (χ1v) is 7.29. The van der Waals surface area contributed by atoms with Crippen molar-refractivity contribution in [1.82, 2.24) is 4.90 Å². The Morgan fingerprint density at radius 1 is 1.04 bits per heavy atom. The highest BCUT2D eigenvalue weighted by molar-refractivity contribution is 6.01. The molecule has 0 unspecified atom stereocenters. The Morgan fingerprint density at radius 3 is 2.08 bits per heavy atom. The van der Waals surface area contributed by atoms with Gasteiger partial charge in [0.2, 0.25) is 0 Å². The molecule has 1 aromatic carbocycles. The highest BCUT2D eigenvalue weighted by Gasteiger charge is 2.81. The van der Waals surface area contributed by atoms with E-state index in [9.17, 15) is 24.6 Å². The number of carboxylic acids is 2. The van der Waals surface area contributed by atoms with Crippen LogP contribution in [0.3, 0.4) is 0 Å². The van der Waals surface area contributed by atoms with Gasteiger partial charge in [-0.15, -0.1) is 0 Å². The minimum Gasteiger partial charge on any atom is -0.497 e. The maximum absolute atomic E-state index is 12.7. The van der Waals surface area contributed by atoms with Crippen molar-refractivity contribution in [2.24, 2.45) is 10.8 Å². The summed E-state index contributed by atoms with van der Waals surface area (Å²) in [5.74, 6) is -2.02. The number of likely N-dealkylation sites (tertiary alicyclic amines) is 1. The number of aliphatic carboxylic acids is 2. The van der Waals surface area contributed by atoms with Gasteiger partial charge in [0, 0.05) is 19.2 Å². The quantitative estimate of drug-likeness (QED) is 0.814. The van der Waals surface area contributed by atoms with Gasteiger partial charge in [-0.3, -0.25) is 14.4 Å². The van der Waals surface area contributed by atoms with Crippen molar-refractivity contribution in [3.8, 4) is 11.5 Å². The number of amides is 1. The summed E-state index contributed by atoms with van der Waals surface area (Å²) in [7, 11) is 2.89. The van der Waals surface area contributed by atoms with Crippen molar-refractivity contribution in [2.75, 3.05) is 27.3 Å². The lowest BCUT2D eigenvalue weighted by atomic mass is 9.97. The summed E-state index contributed by atoms with van der Waals surface area (Å²) in [5, 5.41) is 18.8. The zero-order valence-electron chi connectivity index (χ0n) is 13.2. The van der Waals surface area contributed by atoms with Crippen LogP contribution in [0.15, 0.2) is 18.2 Å². The highest BCUT2D eigenvalue weighted by atomic mass is 16.5. The molecular weight excluding hydrogens is 318 g/mol. The third-order valence-corrected chi connectivity index (χ3v) is 5.06. The molecule has 8 heteroatoms. The zero-order chi connectivity index (χ0) is 17.7. The molecule has 24 heavy (non-hydrogen) atoms. The SMILES string of the molecule is COc1ccc(C(=O)N2C[C@@]3(C(=O)O)C[C@@]3(C(=O)O)C2)c(OC)c1. The van der Waals surface area contributed by atoms with E-state index in [0.717, 1.165) is 0 Å². The van der Waals surface area contributed by atoms with Crippen LogP contribution in [-0.4, -0.2) is 60.3 Å². The van der Waals surface area contributed by atoms with E-state index >= 15 is 0 Å². The highest BCUT2D eigenvalue weighted by Crippen LogP contribution is 2.68. The molecule has 0 spiro atoms. The van der Waals surface area contributed by atoms with Crippen LogP contribution in [0.5, 0.6) is 11.5 Å². The van der Waals surface area contributed by atoms with Gasteiger partial charge < -0.3 is 24.6 Å². The van der Waals surface area contributed by atoms with Crippen molar-refractivity contribution < 1.29 is 34.1 Å². The number of hydrogen-bond acceptors (Lipinski definition) is 5. The predicted octanol–water partition coefficient (Wildman–Crippen LogP) is 0.705. The normalized spacial score (nSPS) is 27.3. The van der Waals surface area contributed by atoms with Gasteiger partial charge in [-0.2, -0.15) is 0 Å². The molecule has 128 valence electrons. The summed E-state index contributed by atoms with van der Waals surface area (Å²) in [4.78, 5) is 37.1. The van der Waals surface area contributed by atoms with Crippen LogP contribution >= 0.6 is 0 Å². The number of rotatable bonds is 5. The third kappa shape index (κ3) is 1.95. The average Bonchev–Trinajstić information content (AvgIpc) is 3.12. The van der Waals surface area contributed by atoms with Crippen LogP contribution in [0.4, 0.5) is 0 Å². The molecule has 1 aliphatic heterocycles. The van der Waals surface area contributed by atoms with E-state index < -0.39 is 28.7 Å². The predicted molar refractivity (Wildman–Crippen MR) is 80.2 cm³/mol. The molecule has 0 aromatic heterocycles. The second kappa shape index (κ2) is 5.12. The van der Waals surface area contributed by atoms with E-state index in [-0.39, 0.29) is 30.8 Å². The molecule has 1 aliphatic carbocycles. The fourth-order valence-electron chi connectivity index (χ4n) is 3.58. The number of carbonyl (C=O) groups excluding carboxylic acids is 1. The van der Waals surface area contributed by atoms with Gasteiger partial charge in [-0.1, -0.05) is 0 Å². The largest absolute Gasteiger partial charge is 0.497 e. The molecule has 8 nitrogen and oxygen atoms in total. The number of nitrogens with zero attached hydrogens (tertiary/aromatic N) is 1. The van der Waals surface area contributed by atoms with Crippen molar-refractivity contribution in [3.05, 3.63) is 23.8 Å². The molecule has 2 atom stereocenters. The summed E-state index contributed by atoms with van der Waals surface area (Å²) >= 11 is 0. The Hall–Kier alpha value is -2.77. The molecule has 1 heterocycles. The van der Waals surface area contributed by atoms with Crippen LogP contribution in [-0.2, 0) is 9.59 Å². The van der Waals surface area contributed by atoms with Gasteiger partial charge >= 0.3 is 11.9 Å². The summed E-state index contributed by atoms with van der Waals surface area (Å²) in [5.41, 5.74) is -2.55. The van der Waals surface area contributed by atoms with Gasteiger partial charge in [-0.25, -0.2) is 0 Å². The van der Waals surface area contributed by atoms with Gasteiger partial charge in [0.1, 0.15) is 22.3 Å². The van der Waals surface area contributed by atoms with Gasteiger partial charge in [0.25, 0.3) is 5.91 Å². The lowest BCUT2D eigenvalue weighted by Crippen LogP contribution is -2.34. The number of ether oxygens (including phenoxy) is 2. The second-order valence-electron chi connectivity index (χ2n) is 6.18. The minimum atomic E-state index is -1.39. The molecular formula is C16H17NO7.